The van der Waals surface area contributed by atoms with Crippen molar-refractivity contribution in [3.8, 4) is 23.0 Å². The first-order valence-electron chi connectivity index (χ1n) is 10.1. The van der Waals surface area contributed by atoms with Gasteiger partial charge in [0.25, 0.3) is 0 Å². The molecule has 0 aliphatic rings. The normalized spacial score (nSPS) is 11.5. The SMILES string of the molecule is CN(C)CCCOc1ccc(-c2nc3ccc(OCCCN(C)C)cc3o2)cc1. The van der Waals surface area contributed by atoms with E-state index in [1.54, 1.807) is 0 Å². The number of benzene rings is 2. The highest BCUT2D eigenvalue weighted by molar-refractivity contribution is 5.77. The van der Waals surface area contributed by atoms with Crippen LogP contribution in [0.3, 0.4) is 0 Å². The standard InChI is InChI=1S/C23H31N3O3/c1-25(2)13-5-15-27-19-9-7-18(8-10-19)23-24-21-12-11-20(17-22(21)29-23)28-16-6-14-26(3)4/h7-12,17H,5-6,13-16H2,1-4H3. The van der Waals surface area contributed by atoms with Gasteiger partial charge < -0.3 is 23.7 Å². The van der Waals surface area contributed by atoms with Gasteiger partial charge in [0.05, 0.1) is 13.2 Å². The highest BCUT2D eigenvalue weighted by Gasteiger charge is 2.10. The Morgan fingerprint density at radius 2 is 1.38 bits per heavy atom. The average molecular weight is 398 g/mol. The number of hydrogen-bond acceptors (Lipinski definition) is 6. The molecule has 6 nitrogen and oxygen atoms in total. The maximum absolute atomic E-state index is 5.96. The van der Waals surface area contributed by atoms with Crippen molar-refractivity contribution in [2.75, 3.05) is 54.5 Å². The molecule has 3 aromatic rings. The molecule has 0 saturated heterocycles. The molecule has 0 amide bonds. The van der Waals surface area contributed by atoms with Crippen molar-refractivity contribution in [3.05, 3.63) is 42.5 Å². The maximum Gasteiger partial charge on any atom is 0.227 e. The lowest BCUT2D eigenvalue weighted by atomic mass is 10.2. The van der Waals surface area contributed by atoms with Crippen molar-refractivity contribution in [2.24, 2.45) is 0 Å². The molecule has 0 radical (unpaired) electrons. The lowest BCUT2D eigenvalue weighted by Crippen LogP contribution is -2.15. The number of ether oxygens (including phenoxy) is 2. The van der Waals surface area contributed by atoms with E-state index < -0.39 is 0 Å². The first kappa shape index (κ1) is 21.1. The zero-order valence-corrected chi connectivity index (χ0v) is 17.9. The van der Waals surface area contributed by atoms with Crippen LogP contribution in [0.15, 0.2) is 46.9 Å². The number of rotatable bonds is 11. The summed E-state index contributed by atoms with van der Waals surface area (Å²) in [4.78, 5) is 8.89. The predicted octanol–water partition coefficient (Wildman–Crippen LogP) is 4.16. The summed E-state index contributed by atoms with van der Waals surface area (Å²) in [6.45, 7) is 3.41. The monoisotopic (exact) mass is 397 g/mol. The molecule has 1 aromatic heterocycles. The summed E-state index contributed by atoms with van der Waals surface area (Å²) in [7, 11) is 8.25. The van der Waals surface area contributed by atoms with E-state index in [-0.39, 0.29) is 0 Å². The molecule has 0 bridgehead atoms. The molecule has 0 unspecified atom stereocenters. The van der Waals surface area contributed by atoms with Crippen LogP contribution in [-0.4, -0.2) is 69.3 Å². The van der Waals surface area contributed by atoms with E-state index in [0.717, 1.165) is 54.1 Å². The largest absolute Gasteiger partial charge is 0.494 e. The van der Waals surface area contributed by atoms with Crippen LogP contribution < -0.4 is 9.47 Å². The summed E-state index contributed by atoms with van der Waals surface area (Å²) in [6, 6.07) is 13.7. The summed E-state index contributed by atoms with van der Waals surface area (Å²) in [6.07, 6.45) is 1.98. The van der Waals surface area contributed by atoms with Gasteiger partial charge in [-0.05, 0) is 77.4 Å². The zero-order chi connectivity index (χ0) is 20.6. The summed E-state index contributed by atoms with van der Waals surface area (Å²) < 4.78 is 17.6. The van der Waals surface area contributed by atoms with Crippen LogP contribution in [0.4, 0.5) is 0 Å². The molecule has 156 valence electrons. The van der Waals surface area contributed by atoms with Crippen molar-refractivity contribution in [3.63, 3.8) is 0 Å². The fraction of sp³-hybridized carbons (Fsp3) is 0.435. The summed E-state index contributed by atoms with van der Waals surface area (Å²) >= 11 is 0. The molecule has 2 aromatic carbocycles. The number of oxazole rings is 1. The molecular weight excluding hydrogens is 366 g/mol. The van der Waals surface area contributed by atoms with Crippen LogP contribution in [0.25, 0.3) is 22.6 Å². The van der Waals surface area contributed by atoms with Gasteiger partial charge in [-0.3, -0.25) is 0 Å². The van der Waals surface area contributed by atoms with Crippen molar-refractivity contribution >= 4 is 11.1 Å². The lowest BCUT2D eigenvalue weighted by Gasteiger charge is -2.10. The summed E-state index contributed by atoms with van der Waals surface area (Å²) in [5.74, 6) is 2.27. The first-order chi connectivity index (χ1) is 14.0. The van der Waals surface area contributed by atoms with Gasteiger partial charge in [-0.15, -0.1) is 0 Å². The van der Waals surface area contributed by atoms with Crippen molar-refractivity contribution < 1.29 is 13.9 Å². The molecule has 1 heterocycles. The molecule has 0 aliphatic heterocycles. The van der Waals surface area contributed by atoms with Gasteiger partial charge >= 0.3 is 0 Å². The molecule has 0 atom stereocenters. The number of hydrogen-bond donors (Lipinski definition) is 0. The Balaban J connectivity index is 1.59. The van der Waals surface area contributed by atoms with Gasteiger partial charge in [0.15, 0.2) is 5.58 Å². The fourth-order valence-electron chi connectivity index (χ4n) is 2.95. The summed E-state index contributed by atoms with van der Waals surface area (Å²) in [5, 5.41) is 0. The first-order valence-corrected chi connectivity index (χ1v) is 10.1. The maximum atomic E-state index is 5.96. The molecule has 29 heavy (non-hydrogen) atoms. The van der Waals surface area contributed by atoms with Crippen LogP contribution >= 0.6 is 0 Å². The Bertz CT molecular complexity index is 888. The Kier molecular flexibility index (Phi) is 7.49. The second-order valence-corrected chi connectivity index (χ2v) is 7.68. The van der Waals surface area contributed by atoms with E-state index >= 15 is 0 Å². The molecular formula is C23H31N3O3. The van der Waals surface area contributed by atoms with Gasteiger partial charge in [0.1, 0.15) is 17.0 Å². The Labute approximate surface area is 173 Å². The van der Waals surface area contributed by atoms with Crippen LogP contribution in [-0.2, 0) is 0 Å². The van der Waals surface area contributed by atoms with E-state index in [1.807, 2.05) is 42.5 Å². The van der Waals surface area contributed by atoms with Crippen LogP contribution in [0, 0.1) is 0 Å². The third-order valence-electron chi connectivity index (χ3n) is 4.50. The van der Waals surface area contributed by atoms with Gasteiger partial charge in [0, 0.05) is 24.7 Å². The molecule has 0 aliphatic carbocycles. The molecule has 0 N–H and O–H groups in total. The van der Waals surface area contributed by atoms with Crippen LogP contribution in [0.1, 0.15) is 12.8 Å². The van der Waals surface area contributed by atoms with E-state index in [4.69, 9.17) is 13.9 Å². The van der Waals surface area contributed by atoms with Crippen molar-refractivity contribution in [1.82, 2.24) is 14.8 Å². The Morgan fingerprint density at radius 1 is 0.793 bits per heavy atom. The van der Waals surface area contributed by atoms with Gasteiger partial charge in [-0.1, -0.05) is 0 Å². The quantitative estimate of drug-likeness (QED) is 0.453. The topological polar surface area (TPSA) is 51.0 Å². The minimum absolute atomic E-state index is 0.601. The summed E-state index contributed by atoms with van der Waals surface area (Å²) in [5.41, 5.74) is 2.48. The number of aromatic nitrogens is 1. The van der Waals surface area contributed by atoms with Gasteiger partial charge in [0.2, 0.25) is 5.89 Å². The second-order valence-electron chi connectivity index (χ2n) is 7.68. The van der Waals surface area contributed by atoms with Crippen LogP contribution in [0.5, 0.6) is 11.5 Å². The predicted molar refractivity (Wildman–Crippen MR) is 117 cm³/mol. The number of fused-ring (bicyclic) bond motifs is 1. The van der Waals surface area contributed by atoms with Gasteiger partial charge in [-0.25, -0.2) is 4.98 Å². The molecule has 0 spiro atoms. The highest BCUT2D eigenvalue weighted by Crippen LogP contribution is 2.28. The zero-order valence-electron chi connectivity index (χ0n) is 17.9. The Hall–Kier alpha value is -2.57. The van der Waals surface area contributed by atoms with E-state index in [2.05, 4.69) is 43.0 Å². The molecule has 0 saturated carbocycles. The Morgan fingerprint density at radius 3 is 2.00 bits per heavy atom. The van der Waals surface area contributed by atoms with Crippen molar-refractivity contribution in [1.29, 1.82) is 0 Å². The minimum Gasteiger partial charge on any atom is -0.494 e. The van der Waals surface area contributed by atoms with Gasteiger partial charge in [-0.2, -0.15) is 0 Å². The molecule has 6 heteroatoms. The third kappa shape index (κ3) is 6.48. The lowest BCUT2D eigenvalue weighted by molar-refractivity contribution is 0.281. The van der Waals surface area contributed by atoms with E-state index in [0.29, 0.717) is 19.1 Å². The second kappa shape index (κ2) is 10.3. The minimum atomic E-state index is 0.601. The third-order valence-corrected chi connectivity index (χ3v) is 4.50. The van der Waals surface area contributed by atoms with Crippen LogP contribution in [0.2, 0.25) is 0 Å². The number of nitrogens with zero attached hydrogens (tertiary/aromatic N) is 3. The van der Waals surface area contributed by atoms with E-state index in [9.17, 15) is 0 Å². The van der Waals surface area contributed by atoms with Crippen molar-refractivity contribution in [2.45, 2.75) is 12.8 Å². The molecule has 3 rings (SSSR count). The smallest absolute Gasteiger partial charge is 0.227 e. The average Bonchev–Trinajstić information content (AvgIpc) is 3.12. The molecule has 0 fully saturated rings. The van der Waals surface area contributed by atoms with E-state index in [1.165, 1.54) is 0 Å². The highest BCUT2D eigenvalue weighted by atomic mass is 16.5. The fourth-order valence-corrected chi connectivity index (χ4v) is 2.95.